The molecule has 3 heteroatoms. The van der Waals surface area contributed by atoms with Gasteiger partial charge in [-0.1, -0.05) is 24.6 Å². The highest BCUT2D eigenvalue weighted by Gasteiger charge is 2.23. The van der Waals surface area contributed by atoms with Crippen LogP contribution in [0.25, 0.3) is 0 Å². The quantitative estimate of drug-likeness (QED) is 0.853. The third kappa shape index (κ3) is 2.99. The number of benzene rings is 1. The van der Waals surface area contributed by atoms with Crippen LogP contribution in [0.4, 0.5) is 5.69 Å². The SMILES string of the molecule is CC[C@H](C(=O)O)N(CC)c1ccc(C)cc1C. The van der Waals surface area contributed by atoms with Crippen LogP contribution in [-0.4, -0.2) is 23.7 Å². The average molecular weight is 235 g/mol. The van der Waals surface area contributed by atoms with Crippen molar-refractivity contribution in [2.24, 2.45) is 0 Å². The van der Waals surface area contributed by atoms with Gasteiger partial charge in [-0.2, -0.15) is 0 Å². The standard InChI is InChI=1S/C14H21NO2/c1-5-12(14(16)17)15(6-2)13-8-7-10(3)9-11(13)4/h7-9,12H,5-6H2,1-4H3,(H,16,17)/t12-/m1/s1. The summed E-state index contributed by atoms with van der Waals surface area (Å²) in [4.78, 5) is 13.2. The van der Waals surface area contributed by atoms with Gasteiger partial charge in [0.15, 0.2) is 0 Å². The zero-order valence-electron chi connectivity index (χ0n) is 11.0. The second kappa shape index (κ2) is 5.71. The number of nitrogens with zero attached hydrogens (tertiary/aromatic N) is 1. The van der Waals surface area contributed by atoms with E-state index in [1.165, 1.54) is 5.56 Å². The fraction of sp³-hybridized carbons (Fsp3) is 0.500. The lowest BCUT2D eigenvalue weighted by molar-refractivity contribution is -0.138. The van der Waals surface area contributed by atoms with Crippen LogP contribution in [0, 0.1) is 13.8 Å². The smallest absolute Gasteiger partial charge is 0.326 e. The van der Waals surface area contributed by atoms with Crippen LogP contribution >= 0.6 is 0 Å². The average Bonchev–Trinajstić information content (AvgIpc) is 2.26. The molecular formula is C14H21NO2. The molecule has 0 radical (unpaired) electrons. The molecule has 17 heavy (non-hydrogen) atoms. The molecule has 1 aromatic rings. The predicted molar refractivity (Wildman–Crippen MR) is 70.7 cm³/mol. The van der Waals surface area contributed by atoms with Gasteiger partial charge < -0.3 is 10.0 Å². The number of aryl methyl sites for hydroxylation is 2. The molecular weight excluding hydrogens is 214 g/mol. The van der Waals surface area contributed by atoms with Crippen molar-refractivity contribution in [1.82, 2.24) is 0 Å². The highest BCUT2D eigenvalue weighted by Crippen LogP contribution is 2.24. The molecule has 1 rings (SSSR count). The number of hydrogen-bond donors (Lipinski definition) is 1. The summed E-state index contributed by atoms with van der Waals surface area (Å²) in [5.41, 5.74) is 3.35. The van der Waals surface area contributed by atoms with Crippen molar-refractivity contribution in [3.05, 3.63) is 29.3 Å². The van der Waals surface area contributed by atoms with Gasteiger partial charge in [0, 0.05) is 12.2 Å². The predicted octanol–water partition coefficient (Wildman–Crippen LogP) is 2.99. The lowest BCUT2D eigenvalue weighted by Crippen LogP contribution is -2.41. The number of hydrogen-bond acceptors (Lipinski definition) is 2. The number of carbonyl (C=O) groups is 1. The van der Waals surface area contributed by atoms with Crippen molar-refractivity contribution in [3.8, 4) is 0 Å². The first-order valence-electron chi connectivity index (χ1n) is 6.07. The Labute approximate surface area is 103 Å². The van der Waals surface area contributed by atoms with E-state index < -0.39 is 12.0 Å². The molecule has 1 atom stereocenters. The minimum atomic E-state index is -0.755. The summed E-state index contributed by atoms with van der Waals surface area (Å²) < 4.78 is 0. The molecule has 0 saturated heterocycles. The highest BCUT2D eigenvalue weighted by molar-refractivity contribution is 5.78. The molecule has 0 heterocycles. The van der Waals surface area contributed by atoms with E-state index in [1.54, 1.807) is 0 Å². The fourth-order valence-electron chi connectivity index (χ4n) is 2.21. The van der Waals surface area contributed by atoms with Crippen LogP contribution in [0.3, 0.4) is 0 Å². The van der Waals surface area contributed by atoms with Gasteiger partial charge in [0.1, 0.15) is 6.04 Å². The molecule has 3 nitrogen and oxygen atoms in total. The Morgan fingerprint density at radius 3 is 2.41 bits per heavy atom. The molecule has 0 saturated carbocycles. The summed E-state index contributed by atoms with van der Waals surface area (Å²) in [6, 6.07) is 5.69. The van der Waals surface area contributed by atoms with E-state index >= 15 is 0 Å². The Kier molecular flexibility index (Phi) is 4.55. The van der Waals surface area contributed by atoms with Crippen LogP contribution < -0.4 is 4.90 Å². The van der Waals surface area contributed by atoms with Gasteiger partial charge in [0.25, 0.3) is 0 Å². The lowest BCUT2D eigenvalue weighted by atomic mass is 10.1. The molecule has 0 bridgehead atoms. The van der Waals surface area contributed by atoms with Gasteiger partial charge in [-0.15, -0.1) is 0 Å². The van der Waals surface area contributed by atoms with Crippen LogP contribution in [0.2, 0.25) is 0 Å². The number of carboxylic acid groups (broad SMARTS) is 1. The molecule has 0 aliphatic carbocycles. The Hall–Kier alpha value is -1.51. The highest BCUT2D eigenvalue weighted by atomic mass is 16.4. The first-order valence-corrected chi connectivity index (χ1v) is 6.07. The van der Waals surface area contributed by atoms with E-state index in [0.29, 0.717) is 13.0 Å². The van der Waals surface area contributed by atoms with Crippen molar-refractivity contribution < 1.29 is 9.90 Å². The number of likely N-dealkylation sites (N-methyl/N-ethyl adjacent to an activating group) is 1. The van der Waals surface area contributed by atoms with Crippen molar-refractivity contribution >= 4 is 11.7 Å². The molecule has 0 spiro atoms. The van der Waals surface area contributed by atoms with Gasteiger partial charge in [0.05, 0.1) is 0 Å². The lowest BCUT2D eigenvalue weighted by Gasteiger charge is -2.30. The molecule has 0 amide bonds. The minimum absolute atomic E-state index is 0.443. The zero-order chi connectivity index (χ0) is 13.0. The van der Waals surface area contributed by atoms with E-state index in [4.69, 9.17) is 0 Å². The number of carboxylic acids is 1. The normalized spacial score (nSPS) is 12.2. The van der Waals surface area contributed by atoms with Gasteiger partial charge in [-0.3, -0.25) is 0 Å². The van der Waals surface area contributed by atoms with Crippen LogP contribution in [0.5, 0.6) is 0 Å². The van der Waals surface area contributed by atoms with Crippen molar-refractivity contribution in [1.29, 1.82) is 0 Å². The molecule has 0 fully saturated rings. The maximum atomic E-state index is 11.2. The summed E-state index contributed by atoms with van der Waals surface area (Å²) >= 11 is 0. The zero-order valence-corrected chi connectivity index (χ0v) is 11.0. The van der Waals surface area contributed by atoms with Crippen LogP contribution in [0.15, 0.2) is 18.2 Å². The van der Waals surface area contributed by atoms with E-state index in [0.717, 1.165) is 11.3 Å². The van der Waals surface area contributed by atoms with Gasteiger partial charge in [0.2, 0.25) is 0 Å². The first kappa shape index (κ1) is 13.6. The van der Waals surface area contributed by atoms with E-state index in [1.807, 2.05) is 44.7 Å². The molecule has 0 aliphatic rings. The number of rotatable bonds is 5. The third-order valence-electron chi connectivity index (χ3n) is 3.05. The van der Waals surface area contributed by atoms with Gasteiger partial charge in [-0.05, 0) is 38.8 Å². The van der Waals surface area contributed by atoms with Gasteiger partial charge in [-0.25, -0.2) is 4.79 Å². The molecule has 1 aromatic carbocycles. The molecule has 0 aliphatic heterocycles. The van der Waals surface area contributed by atoms with Crippen LogP contribution in [0.1, 0.15) is 31.4 Å². The van der Waals surface area contributed by atoms with E-state index in [2.05, 4.69) is 6.07 Å². The first-order chi connectivity index (χ1) is 8.01. The number of aliphatic carboxylic acids is 1. The summed E-state index contributed by atoms with van der Waals surface area (Å²) in [7, 11) is 0. The van der Waals surface area contributed by atoms with Crippen molar-refractivity contribution in [2.75, 3.05) is 11.4 Å². The molecule has 94 valence electrons. The Morgan fingerprint density at radius 1 is 1.35 bits per heavy atom. The summed E-state index contributed by atoms with van der Waals surface area (Å²) in [6.07, 6.45) is 0.608. The van der Waals surface area contributed by atoms with Gasteiger partial charge >= 0.3 is 5.97 Å². The Bertz CT molecular complexity index is 401. The summed E-state index contributed by atoms with van der Waals surface area (Å²) in [5.74, 6) is -0.755. The van der Waals surface area contributed by atoms with Crippen molar-refractivity contribution in [2.45, 2.75) is 40.2 Å². The second-order valence-electron chi connectivity index (χ2n) is 4.34. The second-order valence-corrected chi connectivity index (χ2v) is 4.34. The Morgan fingerprint density at radius 2 is 2.00 bits per heavy atom. The number of anilines is 1. The Balaban J connectivity index is 3.12. The minimum Gasteiger partial charge on any atom is -0.480 e. The molecule has 0 unspecified atom stereocenters. The van der Waals surface area contributed by atoms with E-state index in [9.17, 15) is 9.90 Å². The summed E-state index contributed by atoms with van der Waals surface area (Å²) in [6.45, 7) is 8.67. The molecule has 1 N–H and O–H groups in total. The van der Waals surface area contributed by atoms with Crippen LogP contribution in [-0.2, 0) is 4.79 Å². The van der Waals surface area contributed by atoms with E-state index in [-0.39, 0.29) is 0 Å². The topological polar surface area (TPSA) is 40.5 Å². The largest absolute Gasteiger partial charge is 0.480 e. The maximum Gasteiger partial charge on any atom is 0.326 e. The monoisotopic (exact) mass is 235 g/mol. The van der Waals surface area contributed by atoms with Crippen molar-refractivity contribution in [3.63, 3.8) is 0 Å². The third-order valence-corrected chi connectivity index (χ3v) is 3.05. The summed E-state index contributed by atoms with van der Waals surface area (Å²) in [5, 5.41) is 9.24. The maximum absolute atomic E-state index is 11.2. The fourth-order valence-corrected chi connectivity index (χ4v) is 2.21. The molecule has 0 aromatic heterocycles.